The molecule has 13 rings (SSSR count). The maximum absolute atomic E-state index is 2.39. The quantitative estimate of drug-likeness (QED) is 0.147. The second-order valence-electron chi connectivity index (χ2n) is 17.3. The number of thiophene rings is 2. The summed E-state index contributed by atoms with van der Waals surface area (Å²) in [6.45, 7) is 0. The summed E-state index contributed by atoms with van der Waals surface area (Å²) in [4.78, 5) is 2.39. The van der Waals surface area contributed by atoms with Gasteiger partial charge in [-0.15, -0.1) is 22.7 Å². The third-order valence-corrected chi connectivity index (χ3v) is 15.6. The lowest BCUT2D eigenvalue weighted by Crippen LogP contribution is -2.10. The Bertz CT molecular complexity index is 3990. The average Bonchev–Trinajstić information content (AvgIpc) is 3.97. The molecule has 0 saturated heterocycles. The van der Waals surface area contributed by atoms with Crippen molar-refractivity contribution < 1.29 is 0 Å². The van der Waals surface area contributed by atoms with Gasteiger partial charge in [-0.1, -0.05) is 182 Å². The van der Waals surface area contributed by atoms with Gasteiger partial charge in [-0.05, 0) is 133 Å². The number of anilines is 3. The maximum atomic E-state index is 2.39. The van der Waals surface area contributed by atoms with E-state index in [1.807, 2.05) is 22.7 Å². The molecule has 0 bridgehead atoms. The van der Waals surface area contributed by atoms with Gasteiger partial charge in [-0.25, -0.2) is 0 Å². The minimum atomic E-state index is 1.09. The lowest BCUT2D eigenvalue weighted by Gasteiger charge is -2.26. The molecule has 0 saturated carbocycles. The van der Waals surface area contributed by atoms with E-state index in [1.54, 1.807) is 0 Å². The lowest BCUT2D eigenvalue weighted by molar-refractivity contribution is 1.28. The fourth-order valence-electron chi connectivity index (χ4n) is 9.95. The molecule has 2 heterocycles. The molecule has 0 aliphatic rings. The van der Waals surface area contributed by atoms with Crippen molar-refractivity contribution in [2.45, 2.75) is 0 Å². The molecular weight excluding hydrogens is 847 g/mol. The molecular formula is C64H41NS2. The number of hydrogen-bond donors (Lipinski definition) is 0. The van der Waals surface area contributed by atoms with E-state index in [1.165, 1.54) is 107 Å². The minimum absolute atomic E-state index is 1.09. The Morgan fingerprint density at radius 2 is 0.746 bits per heavy atom. The highest BCUT2D eigenvalue weighted by Crippen LogP contribution is 2.43. The van der Waals surface area contributed by atoms with Gasteiger partial charge in [0.25, 0.3) is 0 Å². The van der Waals surface area contributed by atoms with Crippen molar-refractivity contribution >= 4 is 90.9 Å². The molecule has 0 radical (unpaired) electrons. The van der Waals surface area contributed by atoms with Crippen LogP contribution in [-0.2, 0) is 0 Å². The summed E-state index contributed by atoms with van der Waals surface area (Å²) in [5.74, 6) is 0. The fraction of sp³-hybridized carbons (Fsp3) is 0. The summed E-state index contributed by atoms with van der Waals surface area (Å²) in [6, 6.07) is 91.4. The zero-order valence-electron chi connectivity index (χ0n) is 36.4. The molecule has 11 aromatic carbocycles. The van der Waals surface area contributed by atoms with Gasteiger partial charge in [0.05, 0.1) is 0 Å². The molecule has 3 heteroatoms. The van der Waals surface area contributed by atoms with Crippen molar-refractivity contribution in [3.05, 3.63) is 249 Å². The smallest absolute Gasteiger partial charge is 0.0467 e. The molecule has 1 nitrogen and oxygen atoms in total. The molecule has 0 unspecified atom stereocenters. The highest BCUT2D eigenvalue weighted by Gasteiger charge is 2.17. The number of fused-ring (bicyclic) bond motifs is 7. The van der Waals surface area contributed by atoms with Crippen molar-refractivity contribution in [1.29, 1.82) is 0 Å². The molecule has 0 fully saturated rings. The van der Waals surface area contributed by atoms with Crippen molar-refractivity contribution in [1.82, 2.24) is 0 Å². The van der Waals surface area contributed by atoms with E-state index in [2.05, 4.69) is 254 Å². The highest BCUT2D eigenvalue weighted by molar-refractivity contribution is 7.26. The number of hydrogen-bond acceptors (Lipinski definition) is 3. The standard InChI is InChI=1S/C64H41NS2/c1-2-13-45-38-50(27-26-42(45)12-1)55-19-4-3-18-54(55)44-30-35-52(36-31-44)65(51-33-28-43(29-34-51)48-32-37-59-57-20-5-7-24-61(57)66-63(59)41-48)53-17-10-15-47(40-53)46-14-9-16-49(39-46)56-22-11-23-60-58-21-6-8-25-62(58)67-64(56)60/h1-41H. The van der Waals surface area contributed by atoms with Crippen LogP contribution in [0.5, 0.6) is 0 Å². The van der Waals surface area contributed by atoms with Crippen LogP contribution in [0.3, 0.4) is 0 Å². The van der Waals surface area contributed by atoms with Crippen molar-refractivity contribution in [3.63, 3.8) is 0 Å². The van der Waals surface area contributed by atoms with Crippen LogP contribution in [0.15, 0.2) is 249 Å². The average molecular weight is 888 g/mol. The molecule has 0 atom stereocenters. The second-order valence-corrected chi connectivity index (χ2v) is 19.4. The van der Waals surface area contributed by atoms with Crippen molar-refractivity contribution in [3.8, 4) is 55.6 Å². The number of benzene rings is 11. The predicted octanol–water partition coefficient (Wildman–Crippen LogP) is 19.4. The van der Waals surface area contributed by atoms with Gasteiger partial charge in [-0.3, -0.25) is 0 Å². The van der Waals surface area contributed by atoms with Crippen LogP contribution in [0.4, 0.5) is 17.1 Å². The van der Waals surface area contributed by atoms with Crippen LogP contribution in [0.2, 0.25) is 0 Å². The first kappa shape index (κ1) is 39.3. The monoisotopic (exact) mass is 887 g/mol. The van der Waals surface area contributed by atoms with Gasteiger partial charge in [0.1, 0.15) is 0 Å². The van der Waals surface area contributed by atoms with Crippen LogP contribution >= 0.6 is 22.7 Å². The van der Waals surface area contributed by atoms with Gasteiger partial charge in [0.15, 0.2) is 0 Å². The topological polar surface area (TPSA) is 3.24 Å². The maximum Gasteiger partial charge on any atom is 0.0467 e. The van der Waals surface area contributed by atoms with Crippen LogP contribution in [0.1, 0.15) is 0 Å². The Morgan fingerprint density at radius 1 is 0.239 bits per heavy atom. The van der Waals surface area contributed by atoms with E-state index in [-0.39, 0.29) is 0 Å². The first-order valence-corrected chi connectivity index (χ1v) is 24.4. The Labute approximate surface area is 397 Å². The third-order valence-electron chi connectivity index (χ3n) is 13.3. The summed E-state index contributed by atoms with van der Waals surface area (Å²) in [5.41, 5.74) is 15.4. The van der Waals surface area contributed by atoms with Crippen LogP contribution in [0, 0.1) is 0 Å². The number of nitrogens with zero attached hydrogens (tertiary/aromatic N) is 1. The molecule has 314 valence electrons. The zero-order valence-corrected chi connectivity index (χ0v) is 38.1. The van der Waals surface area contributed by atoms with E-state index < -0.39 is 0 Å². The Hall–Kier alpha value is -8.08. The predicted molar refractivity (Wildman–Crippen MR) is 292 cm³/mol. The lowest BCUT2D eigenvalue weighted by atomic mass is 9.93. The zero-order chi connectivity index (χ0) is 44.3. The summed E-state index contributed by atoms with van der Waals surface area (Å²) in [5, 5.41) is 7.77. The van der Waals surface area contributed by atoms with Crippen LogP contribution in [0.25, 0.3) is 107 Å². The Balaban J connectivity index is 0.891. The van der Waals surface area contributed by atoms with Crippen molar-refractivity contribution in [2.24, 2.45) is 0 Å². The van der Waals surface area contributed by atoms with E-state index in [9.17, 15) is 0 Å². The largest absolute Gasteiger partial charge is 0.310 e. The summed E-state index contributed by atoms with van der Waals surface area (Å²) in [6.07, 6.45) is 0. The second kappa shape index (κ2) is 16.4. The molecule has 0 aliphatic heterocycles. The van der Waals surface area contributed by atoms with Gasteiger partial charge in [0.2, 0.25) is 0 Å². The molecule has 2 aromatic heterocycles. The molecule has 0 aliphatic carbocycles. The SMILES string of the molecule is c1cc(-c2cccc(N(c3ccc(-c4ccc5c(c4)sc4ccccc45)cc3)c3ccc(-c4ccccc4-c4ccc5ccccc5c4)cc3)c2)cc(-c2cccc3c2sc2ccccc23)c1. The van der Waals surface area contributed by atoms with E-state index in [0.717, 1.165) is 17.1 Å². The molecule has 0 N–H and O–H groups in total. The minimum Gasteiger partial charge on any atom is -0.310 e. The van der Waals surface area contributed by atoms with Gasteiger partial charge in [-0.2, -0.15) is 0 Å². The van der Waals surface area contributed by atoms with Gasteiger partial charge < -0.3 is 4.90 Å². The van der Waals surface area contributed by atoms with Crippen LogP contribution < -0.4 is 4.90 Å². The Morgan fingerprint density at radius 3 is 1.54 bits per heavy atom. The molecule has 13 aromatic rings. The summed E-state index contributed by atoms with van der Waals surface area (Å²) in [7, 11) is 0. The van der Waals surface area contributed by atoms with Crippen LogP contribution in [-0.4, -0.2) is 0 Å². The molecule has 0 amide bonds. The fourth-order valence-corrected chi connectivity index (χ4v) is 12.3. The first-order chi connectivity index (χ1) is 33.2. The van der Waals surface area contributed by atoms with Gasteiger partial charge in [0, 0.05) is 57.4 Å². The summed E-state index contributed by atoms with van der Waals surface area (Å²) < 4.78 is 5.29. The third kappa shape index (κ3) is 7.08. The van der Waals surface area contributed by atoms with E-state index in [0.29, 0.717) is 0 Å². The molecule has 0 spiro atoms. The molecule has 67 heavy (non-hydrogen) atoms. The van der Waals surface area contributed by atoms with Crippen molar-refractivity contribution in [2.75, 3.05) is 4.90 Å². The van der Waals surface area contributed by atoms with Gasteiger partial charge >= 0.3 is 0 Å². The normalized spacial score (nSPS) is 11.6. The van der Waals surface area contributed by atoms with E-state index >= 15 is 0 Å². The summed E-state index contributed by atoms with van der Waals surface area (Å²) >= 11 is 3.74. The number of rotatable bonds is 8. The highest BCUT2D eigenvalue weighted by atomic mass is 32.1. The van der Waals surface area contributed by atoms with E-state index in [4.69, 9.17) is 0 Å². The Kier molecular flexibility index (Phi) is 9.63. The first-order valence-electron chi connectivity index (χ1n) is 22.8.